The quantitative estimate of drug-likeness (QED) is 0.726. The lowest BCUT2D eigenvalue weighted by Gasteiger charge is -2.34. The smallest absolute Gasteiger partial charge is 0.416 e. The molecular weight excluding hydrogens is 351 g/mol. The van der Waals surface area contributed by atoms with Crippen molar-refractivity contribution in [3.05, 3.63) is 35.4 Å². The second-order valence-corrected chi connectivity index (χ2v) is 6.26. The summed E-state index contributed by atoms with van der Waals surface area (Å²) in [7, 11) is 0. The molecule has 1 saturated heterocycles. The van der Waals surface area contributed by atoms with Crippen LogP contribution in [-0.2, 0) is 6.18 Å². The lowest BCUT2D eigenvalue weighted by atomic mass is 10.0. The molecule has 3 aromatic rings. The number of aliphatic hydroxyl groups excluding tert-OH is 1. The minimum absolute atomic E-state index is 0.212. The van der Waals surface area contributed by atoms with E-state index in [-0.39, 0.29) is 16.8 Å². The van der Waals surface area contributed by atoms with Crippen molar-refractivity contribution < 1.29 is 27.8 Å². The van der Waals surface area contributed by atoms with Crippen molar-refractivity contribution in [1.82, 2.24) is 9.97 Å². The molecule has 0 radical (unpaired) electrons. The van der Waals surface area contributed by atoms with Gasteiger partial charge < -0.3 is 19.5 Å². The number of alkyl halides is 3. The molecule has 0 unspecified atom stereocenters. The van der Waals surface area contributed by atoms with Crippen molar-refractivity contribution >= 4 is 17.2 Å². The molecule has 1 aliphatic rings. The number of aromatic nitrogens is 2. The van der Waals surface area contributed by atoms with Crippen LogP contribution in [0.15, 0.2) is 28.7 Å². The number of β-amino-alcohol motifs (C(OH)–C–C–N with tert-alkyl or cyclic N) is 1. The number of hydrogen-bond acceptors (Lipinski definition) is 6. The van der Waals surface area contributed by atoms with Crippen LogP contribution in [0.2, 0.25) is 0 Å². The van der Waals surface area contributed by atoms with E-state index in [1.165, 1.54) is 6.92 Å². The average Bonchev–Trinajstić information content (AvgIpc) is 2.93. The van der Waals surface area contributed by atoms with Crippen LogP contribution in [0.5, 0.6) is 5.75 Å². The molecule has 136 valence electrons. The highest BCUT2D eigenvalue weighted by atomic mass is 19.4. The van der Waals surface area contributed by atoms with Crippen LogP contribution in [0, 0.1) is 6.92 Å². The molecule has 0 atom stereocenters. The van der Waals surface area contributed by atoms with Crippen molar-refractivity contribution in [1.29, 1.82) is 0 Å². The SMILES string of the molecule is Cc1cc(C(F)(F)F)cc(O)c1-c1ccc2oc(N3CC(O)C3)nc2n1. The molecule has 1 fully saturated rings. The molecule has 2 aromatic heterocycles. The third-order valence-corrected chi connectivity index (χ3v) is 4.27. The molecule has 0 aliphatic carbocycles. The molecule has 4 rings (SSSR count). The van der Waals surface area contributed by atoms with Gasteiger partial charge in [-0.15, -0.1) is 0 Å². The summed E-state index contributed by atoms with van der Waals surface area (Å²) >= 11 is 0. The van der Waals surface area contributed by atoms with Gasteiger partial charge in [-0.2, -0.15) is 18.2 Å². The summed E-state index contributed by atoms with van der Waals surface area (Å²) in [5.41, 5.74) is 0.525. The van der Waals surface area contributed by atoms with Gasteiger partial charge in [0, 0.05) is 5.56 Å². The van der Waals surface area contributed by atoms with Crippen LogP contribution < -0.4 is 4.90 Å². The molecule has 3 heterocycles. The predicted octanol–water partition coefficient (Wildman–Crippen LogP) is 3.10. The molecule has 0 bridgehead atoms. The van der Waals surface area contributed by atoms with E-state index in [0.29, 0.717) is 36.4 Å². The summed E-state index contributed by atoms with van der Waals surface area (Å²) in [6, 6.07) is 5.13. The molecule has 0 amide bonds. The largest absolute Gasteiger partial charge is 0.507 e. The summed E-state index contributed by atoms with van der Waals surface area (Å²) in [6.07, 6.45) is -4.96. The second-order valence-electron chi connectivity index (χ2n) is 6.26. The number of rotatable bonds is 2. The van der Waals surface area contributed by atoms with Gasteiger partial charge in [0.15, 0.2) is 5.58 Å². The van der Waals surface area contributed by atoms with E-state index in [4.69, 9.17) is 4.42 Å². The Balaban J connectivity index is 1.75. The van der Waals surface area contributed by atoms with Crippen LogP contribution in [0.3, 0.4) is 0 Å². The highest BCUT2D eigenvalue weighted by Crippen LogP contribution is 2.39. The number of oxazole rings is 1. The van der Waals surface area contributed by atoms with Crippen molar-refractivity contribution in [3.8, 4) is 17.0 Å². The van der Waals surface area contributed by atoms with Crippen molar-refractivity contribution in [2.45, 2.75) is 19.2 Å². The number of phenolic OH excluding ortho intramolecular Hbond substituents is 1. The van der Waals surface area contributed by atoms with Gasteiger partial charge in [0.25, 0.3) is 6.01 Å². The predicted molar refractivity (Wildman–Crippen MR) is 86.9 cm³/mol. The number of nitrogens with zero attached hydrogens (tertiary/aromatic N) is 3. The van der Waals surface area contributed by atoms with E-state index in [1.54, 1.807) is 17.0 Å². The summed E-state index contributed by atoms with van der Waals surface area (Å²) in [4.78, 5) is 10.3. The zero-order valence-corrected chi connectivity index (χ0v) is 13.6. The Labute approximate surface area is 145 Å². The Bertz CT molecular complexity index is 971. The van der Waals surface area contributed by atoms with E-state index in [1.807, 2.05) is 0 Å². The number of phenols is 1. The lowest BCUT2D eigenvalue weighted by molar-refractivity contribution is -0.137. The van der Waals surface area contributed by atoms with Crippen LogP contribution in [-0.4, -0.2) is 39.4 Å². The molecule has 26 heavy (non-hydrogen) atoms. The molecule has 0 spiro atoms. The fraction of sp³-hybridized carbons (Fsp3) is 0.294. The molecule has 0 saturated carbocycles. The van der Waals surface area contributed by atoms with Crippen LogP contribution in [0.1, 0.15) is 11.1 Å². The van der Waals surface area contributed by atoms with Gasteiger partial charge in [0.05, 0.1) is 30.5 Å². The summed E-state index contributed by atoms with van der Waals surface area (Å²) in [6.45, 7) is 2.31. The van der Waals surface area contributed by atoms with Gasteiger partial charge in [-0.1, -0.05) is 0 Å². The zero-order valence-electron chi connectivity index (χ0n) is 13.6. The summed E-state index contributed by atoms with van der Waals surface area (Å²) in [5, 5.41) is 19.5. The van der Waals surface area contributed by atoms with Crippen molar-refractivity contribution in [2.24, 2.45) is 0 Å². The van der Waals surface area contributed by atoms with Gasteiger partial charge in [-0.05, 0) is 36.8 Å². The topological polar surface area (TPSA) is 82.6 Å². The number of hydrogen-bond donors (Lipinski definition) is 2. The number of pyridine rings is 1. The van der Waals surface area contributed by atoms with Gasteiger partial charge in [0.1, 0.15) is 5.75 Å². The Morgan fingerprint density at radius 2 is 1.92 bits per heavy atom. The van der Waals surface area contributed by atoms with Gasteiger partial charge in [-0.3, -0.25) is 0 Å². The Morgan fingerprint density at radius 3 is 2.54 bits per heavy atom. The van der Waals surface area contributed by atoms with Gasteiger partial charge >= 0.3 is 6.18 Å². The highest BCUT2D eigenvalue weighted by molar-refractivity contribution is 5.78. The number of fused-ring (bicyclic) bond motifs is 1. The molecule has 6 nitrogen and oxygen atoms in total. The number of aryl methyl sites for hydroxylation is 1. The van der Waals surface area contributed by atoms with E-state index in [9.17, 15) is 23.4 Å². The third-order valence-electron chi connectivity index (χ3n) is 4.27. The summed E-state index contributed by atoms with van der Waals surface area (Å²) < 4.78 is 44.2. The zero-order chi connectivity index (χ0) is 18.6. The number of benzene rings is 1. The standard InChI is InChI=1S/C17H14F3N3O3/c1-8-4-9(17(18,19)20)5-12(25)14(8)11-2-3-13-15(21-11)22-16(26-13)23-6-10(24)7-23/h2-5,10,24-25H,6-7H2,1H3. The number of aliphatic hydroxyl groups is 1. The van der Waals surface area contributed by atoms with Gasteiger partial charge in [0.2, 0.25) is 5.65 Å². The number of aromatic hydroxyl groups is 1. The van der Waals surface area contributed by atoms with E-state index >= 15 is 0 Å². The first-order valence-electron chi connectivity index (χ1n) is 7.84. The Kier molecular flexibility index (Phi) is 3.58. The molecule has 1 aliphatic heterocycles. The first-order chi connectivity index (χ1) is 12.2. The fourth-order valence-electron chi connectivity index (χ4n) is 2.96. The maximum atomic E-state index is 12.9. The van der Waals surface area contributed by atoms with E-state index < -0.39 is 23.6 Å². The average molecular weight is 365 g/mol. The van der Waals surface area contributed by atoms with Crippen LogP contribution in [0.25, 0.3) is 22.5 Å². The highest BCUT2D eigenvalue weighted by Gasteiger charge is 2.32. The Hall–Kier alpha value is -2.81. The van der Waals surface area contributed by atoms with Crippen molar-refractivity contribution in [3.63, 3.8) is 0 Å². The summed E-state index contributed by atoms with van der Waals surface area (Å²) in [5.74, 6) is -0.501. The molecule has 2 N–H and O–H groups in total. The normalized spacial score (nSPS) is 15.5. The van der Waals surface area contributed by atoms with Gasteiger partial charge in [-0.25, -0.2) is 4.98 Å². The molecule has 9 heteroatoms. The van der Waals surface area contributed by atoms with Crippen LogP contribution in [0.4, 0.5) is 19.2 Å². The monoisotopic (exact) mass is 365 g/mol. The maximum Gasteiger partial charge on any atom is 0.416 e. The Morgan fingerprint density at radius 1 is 1.19 bits per heavy atom. The third kappa shape index (κ3) is 2.74. The second kappa shape index (κ2) is 5.60. The number of halogens is 3. The minimum atomic E-state index is -4.54. The number of anilines is 1. The fourth-order valence-corrected chi connectivity index (χ4v) is 2.96. The first-order valence-corrected chi connectivity index (χ1v) is 7.84. The first kappa shape index (κ1) is 16.6. The lowest BCUT2D eigenvalue weighted by Crippen LogP contribution is -2.51. The minimum Gasteiger partial charge on any atom is -0.507 e. The van der Waals surface area contributed by atoms with E-state index in [0.717, 1.165) is 6.07 Å². The maximum absolute atomic E-state index is 12.9. The van der Waals surface area contributed by atoms with E-state index in [2.05, 4.69) is 9.97 Å². The van der Waals surface area contributed by atoms with Crippen molar-refractivity contribution in [2.75, 3.05) is 18.0 Å². The molecule has 1 aromatic carbocycles. The van der Waals surface area contributed by atoms with Crippen LogP contribution >= 0.6 is 0 Å². The molecular formula is C17H14F3N3O3.